The fourth-order valence-corrected chi connectivity index (χ4v) is 2.93. The second-order valence-corrected chi connectivity index (χ2v) is 6.48. The van der Waals surface area contributed by atoms with Crippen molar-refractivity contribution in [2.75, 3.05) is 6.61 Å². The molecule has 181 valence electrons. The molecule has 0 saturated heterocycles. The van der Waals surface area contributed by atoms with Gasteiger partial charge in [-0.2, -0.15) is 8.78 Å². The molecule has 1 radical (unpaired) electrons. The average Bonchev–Trinajstić information content (AvgIpc) is 2.74. The highest BCUT2D eigenvalue weighted by atomic mass is 19.4. The van der Waals surface area contributed by atoms with Crippen molar-refractivity contribution in [3.8, 4) is 28.4 Å². The normalized spacial score (nSPS) is 11.9. The minimum absolute atomic E-state index is 0.0458. The van der Waals surface area contributed by atoms with E-state index in [-0.39, 0.29) is 12.4 Å². The second-order valence-electron chi connectivity index (χ2n) is 6.48. The summed E-state index contributed by atoms with van der Waals surface area (Å²) in [6.07, 6.45) is -10.4. The van der Waals surface area contributed by atoms with E-state index in [1.54, 1.807) is 0 Å². The highest BCUT2D eigenvalue weighted by Crippen LogP contribution is 2.48. The van der Waals surface area contributed by atoms with Gasteiger partial charge in [-0.15, -0.1) is 13.2 Å². The van der Waals surface area contributed by atoms with E-state index in [4.69, 9.17) is 4.74 Å². The van der Waals surface area contributed by atoms with Gasteiger partial charge in [0.15, 0.2) is 34.8 Å². The molecule has 0 spiro atoms. The van der Waals surface area contributed by atoms with Gasteiger partial charge >= 0.3 is 12.5 Å². The Hall–Kier alpha value is -3.57. The topological polar surface area (TPSA) is 27.7 Å². The number of ether oxygens (including phenoxy) is 3. The number of rotatable bonds is 7. The molecule has 0 aromatic heterocycles. The van der Waals surface area contributed by atoms with Crippen LogP contribution in [-0.2, 0) is 6.11 Å². The predicted octanol–water partition coefficient (Wildman–Crippen LogP) is 7.14. The highest BCUT2D eigenvalue weighted by Gasteiger charge is 2.43. The van der Waals surface area contributed by atoms with Gasteiger partial charge in [-0.05, 0) is 25.1 Å². The molecule has 0 fully saturated rings. The number of hydrogen-bond acceptors (Lipinski definition) is 3. The van der Waals surface area contributed by atoms with Gasteiger partial charge in [0.05, 0.1) is 18.2 Å². The first-order chi connectivity index (χ1) is 15.9. The van der Waals surface area contributed by atoms with Gasteiger partial charge in [-0.3, -0.25) is 0 Å². The Labute approximate surface area is 186 Å². The minimum Gasteiger partial charge on any atom is -0.493 e. The number of para-hydroxylation sites is 1. The standard InChI is InChI=1S/C22H12F9O3/c1-2-32-15-9-4-3-6-11(15)17-19(26)14(24)10-16(20(17)34-22(29,30)31)33-21(27,28)12-7-5-8-13(23)18(12)25/h3-9H,2H2,1H3. The Bertz CT molecular complexity index is 1190. The van der Waals surface area contributed by atoms with E-state index in [1.807, 2.05) is 0 Å². The first-order valence-corrected chi connectivity index (χ1v) is 9.29. The van der Waals surface area contributed by atoms with E-state index in [2.05, 4.69) is 9.47 Å². The van der Waals surface area contributed by atoms with Crippen molar-refractivity contribution in [1.82, 2.24) is 0 Å². The summed E-state index contributed by atoms with van der Waals surface area (Å²) >= 11 is 0. The lowest BCUT2D eigenvalue weighted by Gasteiger charge is -2.23. The lowest BCUT2D eigenvalue weighted by Crippen LogP contribution is -2.26. The van der Waals surface area contributed by atoms with Crippen LogP contribution in [0.2, 0.25) is 0 Å². The average molecular weight is 495 g/mol. The van der Waals surface area contributed by atoms with Crippen LogP contribution in [0.15, 0.2) is 42.5 Å². The van der Waals surface area contributed by atoms with Crippen LogP contribution in [0.4, 0.5) is 39.5 Å². The Morgan fingerprint density at radius 3 is 2.15 bits per heavy atom. The summed E-state index contributed by atoms with van der Waals surface area (Å²) in [7, 11) is 0. The minimum atomic E-state index is -5.59. The summed E-state index contributed by atoms with van der Waals surface area (Å²) in [6, 6.07) is 7.62. The van der Waals surface area contributed by atoms with E-state index < -0.39 is 63.9 Å². The molecule has 0 aliphatic carbocycles. The van der Waals surface area contributed by atoms with E-state index >= 15 is 0 Å². The van der Waals surface area contributed by atoms with Crippen molar-refractivity contribution in [2.24, 2.45) is 0 Å². The van der Waals surface area contributed by atoms with E-state index in [0.717, 1.165) is 6.07 Å². The Morgan fingerprint density at radius 1 is 0.824 bits per heavy atom. The van der Waals surface area contributed by atoms with Crippen LogP contribution in [0.5, 0.6) is 17.2 Å². The molecular formula is C22H12F9O3. The summed E-state index contributed by atoms with van der Waals surface area (Å²) < 4.78 is 138. The molecule has 0 atom stereocenters. The third-order valence-electron chi connectivity index (χ3n) is 4.24. The van der Waals surface area contributed by atoms with Gasteiger partial charge in [-0.1, -0.05) is 24.3 Å². The lowest BCUT2D eigenvalue weighted by atomic mass is 10.0. The number of hydrogen-bond donors (Lipinski definition) is 0. The van der Waals surface area contributed by atoms with Gasteiger partial charge in [0, 0.05) is 5.56 Å². The summed E-state index contributed by atoms with van der Waals surface area (Å²) in [4.78, 5) is 0. The predicted molar refractivity (Wildman–Crippen MR) is 99.4 cm³/mol. The Morgan fingerprint density at radius 2 is 1.50 bits per heavy atom. The first-order valence-electron chi connectivity index (χ1n) is 9.29. The largest absolute Gasteiger partial charge is 0.573 e. The van der Waals surface area contributed by atoms with Gasteiger partial charge in [0.2, 0.25) is 0 Å². The molecule has 3 nitrogen and oxygen atoms in total. The molecule has 0 aliphatic rings. The van der Waals surface area contributed by atoms with Crippen LogP contribution in [-0.4, -0.2) is 13.0 Å². The number of benzene rings is 3. The summed E-state index contributed by atoms with van der Waals surface area (Å²) in [6.45, 7) is 1.44. The van der Waals surface area contributed by atoms with Crippen molar-refractivity contribution in [3.63, 3.8) is 0 Å². The zero-order chi connectivity index (χ0) is 25.3. The lowest BCUT2D eigenvalue weighted by molar-refractivity contribution is -0.276. The van der Waals surface area contributed by atoms with Crippen LogP contribution >= 0.6 is 0 Å². The molecule has 34 heavy (non-hydrogen) atoms. The third-order valence-corrected chi connectivity index (χ3v) is 4.24. The molecule has 0 bridgehead atoms. The van der Waals surface area contributed by atoms with E-state index in [9.17, 15) is 39.5 Å². The van der Waals surface area contributed by atoms with Crippen molar-refractivity contribution >= 4 is 0 Å². The van der Waals surface area contributed by atoms with Crippen LogP contribution in [0, 0.1) is 29.3 Å². The van der Waals surface area contributed by atoms with Gasteiger partial charge < -0.3 is 14.2 Å². The maximum atomic E-state index is 14.7. The Kier molecular flexibility index (Phi) is 6.89. The smallest absolute Gasteiger partial charge is 0.493 e. The van der Waals surface area contributed by atoms with Crippen molar-refractivity contribution in [3.05, 3.63) is 77.4 Å². The van der Waals surface area contributed by atoms with Gasteiger partial charge in [-0.25, -0.2) is 17.6 Å². The second kappa shape index (κ2) is 9.35. The molecule has 3 rings (SSSR count). The number of alkyl halides is 5. The Balaban J connectivity index is 2.27. The molecule has 3 aromatic rings. The molecule has 12 heteroatoms. The summed E-state index contributed by atoms with van der Waals surface area (Å²) in [5, 5.41) is 0. The molecule has 0 amide bonds. The van der Waals surface area contributed by atoms with E-state index in [0.29, 0.717) is 18.2 Å². The van der Waals surface area contributed by atoms with Crippen LogP contribution in [0.25, 0.3) is 11.1 Å². The molecule has 0 saturated carbocycles. The molecule has 0 heterocycles. The fraction of sp³-hybridized carbons (Fsp3) is 0.182. The maximum Gasteiger partial charge on any atom is 0.573 e. The molecule has 0 aliphatic heterocycles. The van der Waals surface area contributed by atoms with Crippen LogP contribution in [0.3, 0.4) is 0 Å². The molecule has 0 N–H and O–H groups in total. The zero-order valence-corrected chi connectivity index (χ0v) is 16.9. The maximum absolute atomic E-state index is 14.7. The van der Waals surface area contributed by atoms with Crippen molar-refractivity contribution < 1.29 is 53.7 Å². The SMILES string of the molecule is CCOc1ccccc1-c1c(F)c(F)[c]c(OC(F)(F)c2cccc(F)c2F)c1OC(F)(F)F. The van der Waals surface area contributed by atoms with Crippen molar-refractivity contribution in [2.45, 2.75) is 19.4 Å². The fourth-order valence-electron chi connectivity index (χ4n) is 2.93. The van der Waals surface area contributed by atoms with Crippen LogP contribution in [0.1, 0.15) is 12.5 Å². The van der Waals surface area contributed by atoms with Crippen molar-refractivity contribution in [1.29, 1.82) is 0 Å². The first kappa shape index (κ1) is 25.1. The quantitative estimate of drug-likeness (QED) is 0.326. The van der Waals surface area contributed by atoms with Gasteiger partial charge in [0.25, 0.3) is 0 Å². The zero-order valence-electron chi connectivity index (χ0n) is 16.9. The molecule has 0 unspecified atom stereocenters. The monoisotopic (exact) mass is 495 g/mol. The van der Waals surface area contributed by atoms with Crippen LogP contribution < -0.4 is 14.2 Å². The third kappa shape index (κ3) is 5.15. The van der Waals surface area contributed by atoms with E-state index in [1.165, 1.54) is 31.2 Å². The summed E-state index contributed by atoms with van der Waals surface area (Å²) in [5.74, 6) is -11.5. The highest BCUT2D eigenvalue weighted by molar-refractivity contribution is 5.79. The number of halogens is 9. The molecular weight excluding hydrogens is 483 g/mol. The van der Waals surface area contributed by atoms with Gasteiger partial charge in [0.1, 0.15) is 11.3 Å². The summed E-state index contributed by atoms with van der Waals surface area (Å²) in [5.41, 5.74) is -3.50. The molecule has 3 aromatic carbocycles.